The monoisotopic (exact) mass is 245 g/mol. The molecule has 0 atom stereocenters. The SMILES string of the molecule is CCCc1nc(NC)cc(-n2ccnc2CC)n1. The van der Waals surface area contributed by atoms with E-state index in [9.17, 15) is 0 Å². The van der Waals surface area contributed by atoms with Gasteiger partial charge in [-0.25, -0.2) is 15.0 Å². The zero-order valence-corrected chi connectivity index (χ0v) is 11.1. The fourth-order valence-electron chi connectivity index (χ4n) is 1.87. The summed E-state index contributed by atoms with van der Waals surface area (Å²) in [5, 5.41) is 3.08. The summed E-state index contributed by atoms with van der Waals surface area (Å²) in [5.74, 6) is 3.61. The molecule has 0 fully saturated rings. The second-order valence-corrected chi connectivity index (χ2v) is 4.09. The number of imidazole rings is 1. The van der Waals surface area contributed by atoms with E-state index in [0.29, 0.717) is 0 Å². The Balaban J connectivity index is 2.46. The first-order valence-corrected chi connectivity index (χ1v) is 6.36. The molecule has 5 nitrogen and oxygen atoms in total. The summed E-state index contributed by atoms with van der Waals surface area (Å²) < 4.78 is 2.02. The van der Waals surface area contributed by atoms with Crippen molar-refractivity contribution in [3.8, 4) is 5.82 Å². The lowest BCUT2D eigenvalue weighted by molar-refractivity contribution is 0.801. The smallest absolute Gasteiger partial charge is 0.143 e. The Labute approximate surface area is 107 Å². The molecule has 0 spiro atoms. The second kappa shape index (κ2) is 5.62. The van der Waals surface area contributed by atoms with Crippen LogP contribution in [-0.4, -0.2) is 26.6 Å². The van der Waals surface area contributed by atoms with E-state index >= 15 is 0 Å². The Bertz CT molecular complexity index is 518. The van der Waals surface area contributed by atoms with Gasteiger partial charge in [0.2, 0.25) is 0 Å². The number of aromatic nitrogens is 4. The minimum Gasteiger partial charge on any atom is -0.373 e. The van der Waals surface area contributed by atoms with Crippen molar-refractivity contribution in [1.29, 1.82) is 0 Å². The van der Waals surface area contributed by atoms with Gasteiger partial charge < -0.3 is 5.32 Å². The highest BCUT2D eigenvalue weighted by Crippen LogP contribution is 2.14. The van der Waals surface area contributed by atoms with Gasteiger partial charge in [-0.05, 0) is 6.42 Å². The molecular formula is C13H19N5. The largest absolute Gasteiger partial charge is 0.373 e. The summed E-state index contributed by atoms with van der Waals surface area (Å²) in [6.07, 6.45) is 6.56. The maximum absolute atomic E-state index is 4.59. The van der Waals surface area contributed by atoms with E-state index in [-0.39, 0.29) is 0 Å². The van der Waals surface area contributed by atoms with Crippen molar-refractivity contribution in [2.45, 2.75) is 33.1 Å². The summed E-state index contributed by atoms with van der Waals surface area (Å²) in [6, 6.07) is 1.94. The summed E-state index contributed by atoms with van der Waals surface area (Å²) >= 11 is 0. The third-order valence-electron chi connectivity index (χ3n) is 2.77. The minimum absolute atomic E-state index is 0.846. The van der Waals surface area contributed by atoms with Gasteiger partial charge in [-0.2, -0.15) is 0 Å². The summed E-state index contributed by atoms with van der Waals surface area (Å²) in [6.45, 7) is 4.22. The topological polar surface area (TPSA) is 55.6 Å². The Morgan fingerprint density at radius 1 is 1.28 bits per heavy atom. The molecule has 0 aliphatic heterocycles. The second-order valence-electron chi connectivity index (χ2n) is 4.09. The lowest BCUT2D eigenvalue weighted by Crippen LogP contribution is -2.07. The van der Waals surface area contributed by atoms with Crippen LogP contribution in [0.4, 0.5) is 5.82 Å². The molecule has 1 N–H and O–H groups in total. The minimum atomic E-state index is 0.846. The van der Waals surface area contributed by atoms with Crippen molar-refractivity contribution in [2.75, 3.05) is 12.4 Å². The molecule has 2 rings (SSSR count). The Kier molecular flexibility index (Phi) is 3.92. The molecular weight excluding hydrogens is 226 g/mol. The van der Waals surface area contributed by atoms with E-state index < -0.39 is 0 Å². The number of anilines is 1. The van der Waals surface area contributed by atoms with Crippen molar-refractivity contribution >= 4 is 5.82 Å². The van der Waals surface area contributed by atoms with Crippen molar-refractivity contribution in [3.05, 3.63) is 30.1 Å². The van der Waals surface area contributed by atoms with E-state index in [1.54, 1.807) is 6.20 Å². The zero-order chi connectivity index (χ0) is 13.0. The Morgan fingerprint density at radius 3 is 2.78 bits per heavy atom. The third kappa shape index (κ3) is 2.50. The van der Waals surface area contributed by atoms with Gasteiger partial charge in [0.15, 0.2) is 0 Å². The van der Waals surface area contributed by atoms with Gasteiger partial charge in [0.05, 0.1) is 0 Å². The van der Waals surface area contributed by atoms with Crippen LogP contribution < -0.4 is 5.32 Å². The first-order chi connectivity index (χ1) is 8.78. The summed E-state index contributed by atoms with van der Waals surface area (Å²) in [7, 11) is 1.87. The number of nitrogens with zero attached hydrogens (tertiary/aromatic N) is 4. The first-order valence-electron chi connectivity index (χ1n) is 6.36. The molecule has 0 amide bonds. The molecule has 0 saturated carbocycles. The molecule has 2 aromatic heterocycles. The Hall–Kier alpha value is -1.91. The van der Waals surface area contributed by atoms with Crippen LogP contribution in [0, 0.1) is 0 Å². The predicted molar refractivity (Wildman–Crippen MR) is 72.1 cm³/mol. The number of aryl methyl sites for hydroxylation is 2. The molecule has 5 heteroatoms. The quantitative estimate of drug-likeness (QED) is 0.877. The normalized spacial score (nSPS) is 10.6. The molecule has 0 aromatic carbocycles. The number of hydrogen-bond acceptors (Lipinski definition) is 4. The fraction of sp³-hybridized carbons (Fsp3) is 0.462. The van der Waals surface area contributed by atoms with Crippen LogP contribution in [0.5, 0.6) is 0 Å². The van der Waals surface area contributed by atoms with Crippen LogP contribution in [0.1, 0.15) is 31.9 Å². The molecule has 0 bridgehead atoms. The maximum atomic E-state index is 4.59. The van der Waals surface area contributed by atoms with Crippen molar-refractivity contribution < 1.29 is 0 Å². The van der Waals surface area contributed by atoms with E-state index in [4.69, 9.17) is 0 Å². The van der Waals surface area contributed by atoms with E-state index in [1.807, 2.05) is 23.9 Å². The lowest BCUT2D eigenvalue weighted by Gasteiger charge is -2.09. The van der Waals surface area contributed by atoms with E-state index in [1.165, 1.54) is 0 Å². The number of nitrogens with one attached hydrogen (secondary N) is 1. The highest BCUT2D eigenvalue weighted by Gasteiger charge is 2.08. The molecule has 0 saturated heterocycles. The van der Waals surface area contributed by atoms with E-state index in [2.05, 4.69) is 34.1 Å². The van der Waals surface area contributed by atoms with E-state index in [0.717, 1.165) is 42.5 Å². The van der Waals surface area contributed by atoms with Crippen LogP contribution in [0.25, 0.3) is 5.82 Å². The average Bonchev–Trinajstić information content (AvgIpc) is 2.87. The zero-order valence-electron chi connectivity index (χ0n) is 11.1. The lowest BCUT2D eigenvalue weighted by atomic mass is 10.3. The maximum Gasteiger partial charge on any atom is 0.143 e. The number of hydrogen-bond donors (Lipinski definition) is 1. The van der Waals surface area contributed by atoms with Gasteiger partial charge in [0, 0.05) is 38.3 Å². The first kappa shape index (κ1) is 12.5. The van der Waals surface area contributed by atoms with Gasteiger partial charge in [-0.3, -0.25) is 4.57 Å². The average molecular weight is 245 g/mol. The summed E-state index contributed by atoms with van der Waals surface area (Å²) in [5.41, 5.74) is 0. The van der Waals surface area contributed by atoms with Crippen molar-refractivity contribution in [3.63, 3.8) is 0 Å². The van der Waals surface area contributed by atoms with Crippen LogP contribution >= 0.6 is 0 Å². The molecule has 0 aliphatic rings. The molecule has 2 heterocycles. The van der Waals surface area contributed by atoms with Crippen molar-refractivity contribution in [1.82, 2.24) is 19.5 Å². The van der Waals surface area contributed by atoms with Gasteiger partial charge >= 0.3 is 0 Å². The van der Waals surface area contributed by atoms with Gasteiger partial charge in [0.1, 0.15) is 23.3 Å². The van der Waals surface area contributed by atoms with Crippen LogP contribution in [0.3, 0.4) is 0 Å². The highest BCUT2D eigenvalue weighted by molar-refractivity contribution is 5.41. The van der Waals surface area contributed by atoms with Gasteiger partial charge in [-0.15, -0.1) is 0 Å². The fourth-order valence-corrected chi connectivity index (χ4v) is 1.87. The Morgan fingerprint density at radius 2 is 2.11 bits per heavy atom. The highest BCUT2D eigenvalue weighted by atomic mass is 15.1. The standard InChI is InChI=1S/C13H19N5/c1-4-6-10-16-11(14-3)9-13(17-10)18-8-7-15-12(18)5-2/h7-9H,4-6H2,1-3H3,(H,14,16,17). The summed E-state index contributed by atoms with van der Waals surface area (Å²) in [4.78, 5) is 13.4. The number of rotatable bonds is 5. The van der Waals surface area contributed by atoms with Crippen LogP contribution in [0.2, 0.25) is 0 Å². The van der Waals surface area contributed by atoms with Crippen LogP contribution in [-0.2, 0) is 12.8 Å². The molecule has 0 unspecified atom stereocenters. The van der Waals surface area contributed by atoms with Crippen LogP contribution in [0.15, 0.2) is 18.5 Å². The molecule has 0 radical (unpaired) electrons. The molecule has 2 aromatic rings. The molecule has 96 valence electrons. The van der Waals surface area contributed by atoms with Crippen molar-refractivity contribution in [2.24, 2.45) is 0 Å². The molecule has 0 aliphatic carbocycles. The van der Waals surface area contributed by atoms with Gasteiger partial charge in [0.25, 0.3) is 0 Å². The van der Waals surface area contributed by atoms with Gasteiger partial charge in [-0.1, -0.05) is 13.8 Å². The predicted octanol–water partition coefficient (Wildman–Crippen LogP) is 2.22. The molecule has 18 heavy (non-hydrogen) atoms. The third-order valence-corrected chi connectivity index (χ3v) is 2.77.